The van der Waals surface area contributed by atoms with Crippen molar-refractivity contribution in [2.45, 2.75) is 96.5 Å². The summed E-state index contributed by atoms with van der Waals surface area (Å²) in [6.07, 6.45) is 19.6. The second-order valence-electron chi connectivity index (χ2n) is 9.37. The van der Waals surface area contributed by atoms with Gasteiger partial charge in [0.25, 0.3) is 0 Å². The Balaban J connectivity index is 1.51. The van der Waals surface area contributed by atoms with E-state index in [1.807, 2.05) is 0 Å². The van der Waals surface area contributed by atoms with Gasteiger partial charge in [-0.3, -0.25) is 4.79 Å². The van der Waals surface area contributed by atoms with Gasteiger partial charge in [0.2, 0.25) is 0 Å². The molecule has 0 radical (unpaired) electrons. The molecule has 0 aromatic rings. The number of hydrogen-bond donors (Lipinski definition) is 0. The molecule has 140 valence electrons. The number of rotatable bonds is 3. The summed E-state index contributed by atoms with van der Waals surface area (Å²) in [5.74, 6) is 6.27. The second-order valence-corrected chi connectivity index (χ2v) is 9.37. The normalized spacial score (nSPS) is 42.4. The predicted octanol–water partition coefficient (Wildman–Crippen LogP) is 5.74. The van der Waals surface area contributed by atoms with E-state index in [2.05, 4.69) is 19.8 Å². The highest BCUT2D eigenvalue weighted by atomic mass is 16.6. The van der Waals surface area contributed by atoms with Crippen LogP contribution in [0.4, 0.5) is 0 Å². The summed E-state index contributed by atoms with van der Waals surface area (Å²) in [6, 6.07) is 0. The quantitative estimate of drug-likeness (QED) is 0.482. The van der Waals surface area contributed by atoms with Gasteiger partial charge in [-0.2, -0.15) is 0 Å². The first kappa shape index (κ1) is 18.8. The van der Waals surface area contributed by atoms with Crippen LogP contribution in [0.1, 0.15) is 90.9 Å². The van der Waals surface area contributed by atoms with E-state index in [1.54, 1.807) is 0 Å². The first-order chi connectivity index (χ1) is 12.0. The molecule has 3 aliphatic rings. The van der Waals surface area contributed by atoms with Gasteiger partial charge in [0, 0.05) is 0 Å². The molecular weight excluding hydrogens is 308 g/mol. The third-order valence-electron chi connectivity index (χ3n) is 7.47. The van der Waals surface area contributed by atoms with Crippen molar-refractivity contribution in [1.82, 2.24) is 0 Å². The van der Waals surface area contributed by atoms with Crippen LogP contribution < -0.4 is 0 Å². The molecule has 0 atom stereocenters. The summed E-state index contributed by atoms with van der Waals surface area (Å²) in [5, 5.41) is 0. The van der Waals surface area contributed by atoms with Crippen LogP contribution in [0.3, 0.4) is 0 Å². The molecule has 0 amide bonds. The smallest absolute Gasteiger partial charge is 0.310 e. The van der Waals surface area contributed by atoms with Gasteiger partial charge in [-0.1, -0.05) is 32.6 Å². The molecule has 2 nitrogen and oxygen atoms in total. The Hall–Kier alpha value is -0.970. The van der Waals surface area contributed by atoms with Gasteiger partial charge < -0.3 is 4.74 Å². The Labute approximate surface area is 154 Å². The van der Waals surface area contributed by atoms with E-state index < -0.39 is 5.60 Å². The van der Waals surface area contributed by atoms with Crippen molar-refractivity contribution >= 4 is 5.97 Å². The fourth-order valence-corrected chi connectivity index (χ4v) is 5.38. The van der Waals surface area contributed by atoms with Crippen LogP contribution in [0.5, 0.6) is 0 Å². The number of ether oxygens (including phenoxy) is 1. The van der Waals surface area contributed by atoms with Gasteiger partial charge in [0.05, 0.1) is 5.92 Å². The third-order valence-corrected chi connectivity index (χ3v) is 7.47. The molecule has 25 heavy (non-hydrogen) atoms. The molecule has 0 heterocycles. The molecule has 0 N–H and O–H groups in total. The Bertz CT molecular complexity index is 479. The molecule has 0 bridgehead atoms. The monoisotopic (exact) mass is 344 g/mol. The molecule has 2 heteroatoms. The SMILES string of the molecule is C#CC1(OC(=O)C2CCC(C)CC2)CCC(C2CCC(C)CC2)CC1. The Kier molecular flexibility index (Phi) is 6.13. The van der Waals surface area contributed by atoms with Crippen molar-refractivity contribution in [3.05, 3.63) is 0 Å². The van der Waals surface area contributed by atoms with Crippen molar-refractivity contribution < 1.29 is 9.53 Å². The average molecular weight is 345 g/mol. The Morgan fingerprint density at radius 3 is 1.84 bits per heavy atom. The minimum absolute atomic E-state index is 0.0187. The van der Waals surface area contributed by atoms with Crippen molar-refractivity contribution in [3.63, 3.8) is 0 Å². The Morgan fingerprint density at radius 1 is 0.840 bits per heavy atom. The zero-order valence-electron chi connectivity index (χ0n) is 16.3. The molecule has 3 saturated carbocycles. The summed E-state index contributed by atoms with van der Waals surface area (Å²) in [6.45, 7) is 4.66. The van der Waals surface area contributed by atoms with E-state index >= 15 is 0 Å². The van der Waals surface area contributed by atoms with Crippen LogP contribution in [-0.4, -0.2) is 11.6 Å². The van der Waals surface area contributed by atoms with E-state index in [0.717, 1.165) is 75.0 Å². The van der Waals surface area contributed by atoms with Crippen LogP contribution in [-0.2, 0) is 9.53 Å². The second kappa shape index (κ2) is 8.15. The van der Waals surface area contributed by atoms with Crippen molar-refractivity contribution in [1.29, 1.82) is 0 Å². The largest absolute Gasteiger partial charge is 0.446 e. The molecule has 0 aromatic heterocycles. The fraction of sp³-hybridized carbons (Fsp3) is 0.870. The zero-order chi connectivity index (χ0) is 17.9. The summed E-state index contributed by atoms with van der Waals surface area (Å²) in [4.78, 5) is 12.6. The lowest BCUT2D eigenvalue weighted by Gasteiger charge is -2.41. The first-order valence-electron chi connectivity index (χ1n) is 10.7. The molecule has 0 spiro atoms. The molecule has 0 saturated heterocycles. The summed E-state index contributed by atoms with van der Waals surface area (Å²) >= 11 is 0. The minimum atomic E-state index is -0.612. The molecule has 3 aliphatic carbocycles. The lowest BCUT2D eigenvalue weighted by Crippen LogP contribution is -2.41. The predicted molar refractivity (Wildman–Crippen MR) is 102 cm³/mol. The molecular formula is C23H36O2. The van der Waals surface area contributed by atoms with Crippen LogP contribution in [0.15, 0.2) is 0 Å². The maximum Gasteiger partial charge on any atom is 0.310 e. The fourth-order valence-electron chi connectivity index (χ4n) is 5.38. The number of carbonyl (C=O) groups excluding carboxylic acids is 1. The summed E-state index contributed by atoms with van der Waals surface area (Å²) in [5.41, 5.74) is -0.612. The van der Waals surface area contributed by atoms with Crippen molar-refractivity contribution in [3.8, 4) is 12.3 Å². The van der Waals surface area contributed by atoms with Crippen molar-refractivity contribution in [2.75, 3.05) is 0 Å². The lowest BCUT2D eigenvalue weighted by atomic mass is 9.68. The third kappa shape index (κ3) is 4.60. The molecule has 3 fully saturated rings. The van der Waals surface area contributed by atoms with Crippen molar-refractivity contribution in [2.24, 2.45) is 29.6 Å². The first-order valence-corrected chi connectivity index (χ1v) is 10.7. The van der Waals surface area contributed by atoms with E-state index in [4.69, 9.17) is 11.2 Å². The number of esters is 1. The standard InChI is InChI=1S/C23H36O2/c1-4-23(25-22(24)21-11-7-18(3)8-12-21)15-13-20(14-16-23)19-9-5-17(2)6-10-19/h1,17-21H,5-16H2,2-3H3. The van der Waals surface area contributed by atoms with Gasteiger partial charge in [-0.05, 0) is 87.9 Å². The van der Waals surface area contributed by atoms with Crippen LogP contribution >= 0.6 is 0 Å². The molecule has 0 aromatic carbocycles. The molecule has 3 rings (SSSR count). The van der Waals surface area contributed by atoms with Crippen LogP contribution in [0.25, 0.3) is 0 Å². The lowest BCUT2D eigenvalue weighted by molar-refractivity contribution is -0.164. The van der Waals surface area contributed by atoms with E-state index in [-0.39, 0.29) is 11.9 Å². The maximum absolute atomic E-state index is 12.6. The minimum Gasteiger partial charge on any atom is -0.446 e. The van der Waals surface area contributed by atoms with Gasteiger partial charge in [-0.15, -0.1) is 6.42 Å². The van der Waals surface area contributed by atoms with Crippen LogP contribution in [0, 0.1) is 41.9 Å². The van der Waals surface area contributed by atoms with Gasteiger partial charge in [0.15, 0.2) is 5.60 Å². The number of carbonyl (C=O) groups is 1. The van der Waals surface area contributed by atoms with Gasteiger partial charge in [-0.25, -0.2) is 0 Å². The topological polar surface area (TPSA) is 26.3 Å². The highest BCUT2D eigenvalue weighted by Crippen LogP contribution is 2.44. The zero-order valence-corrected chi connectivity index (χ0v) is 16.3. The number of hydrogen-bond acceptors (Lipinski definition) is 2. The summed E-state index contributed by atoms with van der Waals surface area (Å²) < 4.78 is 5.98. The van der Waals surface area contributed by atoms with Gasteiger partial charge in [0.1, 0.15) is 0 Å². The highest BCUT2D eigenvalue weighted by molar-refractivity contribution is 5.73. The number of terminal acetylenes is 1. The highest BCUT2D eigenvalue weighted by Gasteiger charge is 2.41. The average Bonchev–Trinajstić information content (AvgIpc) is 2.63. The Morgan fingerprint density at radius 2 is 1.32 bits per heavy atom. The summed E-state index contributed by atoms with van der Waals surface area (Å²) in [7, 11) is 0. The van der Waals surface area contributed by atoms with Crippen LogP contribution in [0.2, 0.25) is 0 Å². The van der Waals surface area contributed by atoms with E-state index in [1.165, 1.54) is 25.7 Å². The molecule has 0 unspecified atom stereocenters. The maximum atomic E-state index is 12.6. The van der Waals surface area contributed by atoms with Gasteiger partial charge >= 0.3 is 5.97 Å². The van der Waals surface area contributed by atoms with E-state index in [9.17, 15) is 4.79 Å². The molecule has 0 aliphatic heterocycles. The van der Waals surface area contributed by atoms with E-state index in [0.29, 0.717) is 0 Å².